The zero-order chi connectivity index (χ0) is 33.9. The molecule has 48 heavy (non-hydrogen) atoms. The summed E-state index contributed by atoms with van der Waals surface area (Å²) in [7, 11) is -3.87. The Morgan fingerprint density at radius 3 is 2.04 bits per heavy atom. The normalized spacial score (nSPS) is 23.4. The fraction of sp³-hybridized carbons (Fsp3) is 0.487. The molecule has 4 bridgehead atoms. The minimum atomic E-state index is -3.87. The zero-order valence-electron chi connectivity index (χ0n) is 28.1. The van der Waals surface area contributed by atoms with E-state index in [0.717, 1.165) is 46.7 Å². The molecule has 7 nitrogen and oxygen atoms in total. The molecule has 0 radical (unpaired) electrons. The molecule has 3 aromatic carbocycles. The molecule has 7 rings (SSSR count). The highest BCUT2D eigenvalue weighted by molar-refractivity contribution is 7.92. The summed E-state index contributed by atoms with van der Waals surface area (Å²) in [4.78, 5) is 29.6. The van der Waals surface area contributed by atoms with Gasteiger partial charge in [-0.25, -0.2) is 12.8 Å². The van der Waals surface area contributed by atoms with Crippen LogP contribution in [0.5, 0.6) is 0 Å². The topological polar surface area (TPSA) is 86.8 Å². The van der Waals surface area contributed by atoms with Gasteiger partial charge in [-0.15, -0.1) is 0 Å². The Bertz CT molecular complexity index is 1640. The summed E-state index contributed by atoms with van der Waals surface area (Å²) >= 11 is 0. The first-order valence-electron chi connectivity index (χ1n) is 17.5. The van der Waals surface area contributed by atoms with Crippen LogP contribution < -0.4 is 9.62 Å². The summed E-state index contributed by atoms with van der Waals surface area (Å²) in [5.74, 6) is 1.13. The first kappa shape index (κ1) is 34.2. The van der Waals surface area contributed by atoms with Crippen molar-refractivity contribution >= 4 is 27.5 Å². The van der Waals surface area contributed by atoms with Gasteiger partial charge in [0.05, 0.1) is 11.9 Å². The maximum atomic E-state index is 14.4. The summed E-state index contributed by atoms with van der Waals surface area (Å²) < 4.78 is 41.6. The maximum absolute atomic E-state index is 14.4. The molecule has 4 aliphatic rings. The second kappa shape index (κ2) is 14.4. The lowest BCUT2D eigenvalue weighted by Crippen LogP contribution is -2.53. The molecular weight excluding hydrogens is 626 g/mol. The monoisotopic (exact) mass is 673 g/mol. The molecule has 256 valence electrons. The van der Waals surface area contributed by atoms with Gasteiger partial charge in [-0.1, -0.05) is 67.9 Å². The van der Waals surface area contributed by atoms with Crippen LogP contribution in [0.4, 0.5) is 10.1 Å². The minimum Gasteiger partial charge on any atom is -0.354 e. The smallest absolute Gasteiger partial charge is 0.244 e. The van der Waals surface area contributed by atoms with Gasteiger partial charge in [0.2, 0.25) is 21.8 Å². The highest BCUT2D eigenvalue weighted by atomic mass is 32.2. The average molecular weight is 674 g/mol. The summed E-state index contributed by atoms with van der Waals surface area (Å²) in [6.45, 7) is 2.04. The van der Waals surface area contributed by atoms with Gasteiger partial charge in [-0.05, 0) is 109 Å². The fourth-order valence-electron chi connectivity index (χ4n) is 8.91. The van der Waals surface area contributed by atoms with Gasteiger partial charge >= 0.3 is 0 Å². The molecule has 0 aromatic heterocycles. The number of carbonyl (C=O) groups is 2. The van der Waals surface area contributed by atoms with Crippen LogP contribution in [0.25, 0.3) is 0 Å². The number of nitrogens with one attached hydrogen (secondary N) is 1. The number of hydrogen-bond donors (Lipinski definition) is 1. The maximum Gasteiger partial charge on any atom is 0.244 e. The fourth-order valence-corrected chi connectivity index (χ4v) is 9.76. The van der Waals surface area contributed by atoms with Crippen molar-refractivity contribution in [1.29, 1.82) is 0 Å². The molecule has 4 saturated carbocycles. The van der Waals surface area contributed by atoms with Crippen molar-refractivity contribution in [1.82, 2.24) is 10.2 Å². The Labute approximate surface area is 285 Å². The first-order chi connectivity index (χ1) is 23.0. The van der Waals surface area contributed by atoms with Gasteiger partial charge < -0.3 is 10.2 Å². The van der Waals surface area contributed by atoms with Crippen molar-refractivity contribution < 1.29 is 22.4 Å². The van der Waals surface area contributed by atoms with Gasteiger partial charge in [0, 0.05) is 19.5 Å². The van der Waals surface area contributed by atoms with E-state index in [1.807, 2.05) is 49.4 Å². The minimum absolute atomic E-state index is 0.0143. The van der Waals surface area contributed by atoms with Gasteiger partial charge in [-0.3, -0.25) is 13.9 Å². The molecular formula is C39H48FN3O4S. The molecule has 0 heterocycles. The van der Waals surface area contributed by atoms with E-state index in [1.165, 1.54) is 61.1 Å². The van der Waals surface area contributed by atoms with Gasteiger partial charge in [0.15, 0.2) is 0 Å². The number of halogens is 1. The SMILES string of the molecule is CCCCNC(=O)C(Cc1ccccc1)N(Cc1ccc(F)cc1)C(=O)CN(c1ccc(C23CC4CC(CC(C4)C2)C3)cc1)S(C)(=O)=O. The summed E-state index contributed by atoms with van der Waals surface area (Å²) in [6.07, 6.45) is 10.7. The van der Waals surface area contributed by atoms with E-state index in [-0.39, 0.29) is 24.3 Å². The third-order valence-corrected chi connectivity index (χ3v) is 12.0. The number of benzene rings is 3. The van der Waals surface area contributed by atoms with Crippen molar-refractivity contribution in [3.8, 4) is 0 Å². The summed E-state index contributed by atoms with van der Waals surface area (Å²) in [5, 5.41) is 2.99. The van der Waals surface area contributed by atoms with Crippen LogP contribution in [0, 0.1) is 23.6 Å². The predicted octanol–water partition coefficient (Wildman–Crippen LogP) is 6.62. The lowest BCUT2D eigenvalue weighted by Gasteiger charge is -2.57. The molecule has 2 amide bonds. The standard InChI is InChI=1S/C39H48FN3O4S/c1-3-4-18-41-38(45)36(22-28-8-6-5-7-9-28)42(26-29-10-14-34(40)15-11-29)37(44)27-43(48(2,46)47)35-16-12-33(13-17-35)39-23-30-19-31(24-39)21-32(20-30)25-39/h5-17,30-32,36H,3-4,18-27H2,1-2H3,(H,41,45). The lowest BCUT2D eigenvalue weighted by atomic mass is 9.48. The number of sulfonamides is 1. The average Bonchev–Trinajstić information content (AvgIpc) is 3.05. The largest absolute Gasteiger partial charge is 0.354 e. The number of anilines is 1. The second-order valence-electron chi connectivity index (χ2n) is 14.5. The van der Waals surface area contributed by atoms with Crippen LogP contribution in [0.1, 0.15) is 75.0 Å². The zero-order valence-corrected chi connectivity index (χ0v) is 28.9. The Balaban J connectivity index is 1.29. The van der Waals surface area contributed by atoms with Crippen molar-refractivity contribution in [3.05, 3.63) is 101 Å². The Morgan fingerprint density at radius 2 is 1.48 bits per heavy atom. The van der Waals surface area contributed by atoms with E-state index in [1.54, 1.807) is 12.1 Å². The number of carbonyl (C=O) groups excluding carboxylic acids is 2. The van der Waals surface area contributed by atoms with Crippen LogP contribution in [-0.4, -0.2) is 50.5 Å². The van der Waals surface area contributed by atoms with Crippen molar-refractivity contribution in [2.24, 2.45) is 17.8 Å². The third kappa shape index (κ3) is 7.77. The third-order valence-electron chi connectivity index (χ3n) is 10.9. The highest BCUT2D eigenvalue weighted by Gasteiger charge is 2.51. The number of unbranched alkanes of at least 4 members (excludes halogenated alkanes) is 1. The quantitative estimate of drug-likeness (QED) is 0.195. The van der Waals surface area contributed by atoms with E-state index < -0.39 is 34.3 Å². The van der Waals surface area contributed by atoms with E-state index >= 15 is 0 Å². The number of hydrogen-bond acceptors (Lipinski definition) is 4. The van der Waals surface area contributed by atoms with E-state index in [0.29, 0.717) is 17.8 Å². The summed E-state index contributed by atoms with van der Waals surface area (Å²) in [5.41, 5.74) is 3.36. The molecule has 1 unspecified atom stereocenters. The van der Waals surface area contributed by atoms with Crippen LogP contribution in [0.15, 0.2) is 78.9 Å². The molecule has 0 saturated heterocycles. The van der Waals surface area contributed by atoms with E-state index in [4.69, 9.17) is 0 Å². The Kier molecular flexibility index (Phi) is 10.3. The molecule has 4 aliphatic carbocycles. The van der Waals surface area contributed by atoms with Gasteiger partial charge in [0.1, 0.15) is 18.4 Å². The van der Waals surface area contributed by atoms with Crippen LogP contribution >= 0.6 is 0 Å². The van der Waals surface area contributed by atoms with Crippen LogP contribution in [-0.2, 0) is 38.0 Å². The lowest BCUT2D eigenvalue weighted by molar-refractivity contribution is -0.140. The van der Waals surface area contributed by atoms with Crippen LogP contribution in [0.2, 0.25) is 0 Å². The molecule has 4 fully saturated rings. The van der Waals surface area contributed by atoms with Crippen LogP contribution in [0.3, 0.4) is 0 Å². The number of nitrogens with zero attached hydrogens (tertiary/aromatic N) is 2. The molecule has 1 N–H and O–H groups in total. The van der Waals surface area contributed by atoms with Crippen molar-refractivity contribution in [2.45, 2.75) is 82.7 Å². The number of amides is 2. The van der Waals surface area contributed by atoms with Crippen molar-refractivity contribution in [3.63, 3.8) is 0 Å². The first-order valence-corrected chi connectivity index (χ1v) is 19.3. The van der Waals surface area contributed by atoms with E-state index in [2.05, 4.69) is 17.4 Å². The summed E-state index contributed by atoms with van der Waals surface area (Å²) in [6, 6.07) is 22.2. The molecule has 3 aromatic rings. The molecule has 1 atom stereocenters. The molecule has 0 spiro atoms. The predicted molar refractivity (Wildman–Crippen MR) is 187 cm³/mol. The van der Waals surface area contributed by atoms with Gasteiger partial charge in [-0.2, -0.15) is 0 Å². The highest BCUT2D eigenvalue weighted by Crippen LogP contribution is 2.60. The Hall–Kier alpha value is -3.72. The van der Waals surface area contributed by atoms with E-state index in [9.17, 15) is 22.4 Å². The Morgan fingerprint density at radius 1 is 0.875 bits per heavy atom. The second-order valence-corrected chi connectivity index (χ2v) is 16.4. The molecule has 0 aliphatic heterocycles. The van der Waals surface area contributed by atoms with Crippen molar-refractivity contribution in [2.75, 3.05) is 23.7 Å². The number of rotatable bonds is 14. The van der Waals surface area contributed by atoms with Gasteiger partial charge in [0.25, 0.3) is 0 Å². The molecule has 9 heteroatoms.